The van der Waals surface area contributed by atoms with Crippen molar-refractivity contribution in [1.82, 2.24) is 4.90 Å². The molecule has 1 rings (SSSR count). The van der Waals surface area contributed by atoms with Gasteiger partial charge >= 0.3 is 5.97 Å². The number of aliphatic hydroxyl groups excluding tert-OH is 1. The van der Waals surface area contributed by atoms with Crippen LogP contribution in [0.3, 0.4) is 0 Å². The maximum Gasteiger partial charge on any atom is 0.310 e. The van der Waals surface area contributed by atoms with Gasteiger partial charge in [0.25, 0.3) is 0 Å². The van der Waals surface area contributed by atoms with Crippen LogP contribution < -0.4 is 0 Å². The third-order valence-corrected chi connectivity index (χ3v) is 4.43. The van der Waals surface area contributed by atoms with E-state index in [4.69, 9.17) is 0 Å². The van der Waals surface area contributed by atoms with Crippen LogP contribution >= 0.6 is 0 Å². The van der Waals surface area contributed by atoms with Gasteiger partial charge in [-0.2, -0.15) is 0 Å². The maximum atomic E-state index is 12.3. The van der Waals surface area contributed by atoms with E-state index in [1.807, 2.05) is 13.8 Å². The summed E-state index contributed by atoms with van der Waals surface area (Å²) in [4.78, 5) is 25.4. The molecule has 2 N–H and O–H groups in total. The fraction of sp³-hybridized carbons (Fsp3) is 0.857. The highest BCUT2D eigenvalue weighted by Crippen LogP contribution is 2.32. The Balaban J connectivity index is 2.69. The van der Waals surface area contributed by atoms with Crippen molar-refractivity contribution in [3.8, 4) is 0 Å². The lowest BCUT2D eigenvalue weighted by atomic mass is 9.78. The van der Waals surface area contributed by atoms with E-state index in [0.29, 0.717) is 25.9 Å². The van der Waals surface area contributed by atoms with Crippen molar-refractivity contribution in [2.75, 3.05) is 19.7 Å². The Labute approximate surface area is 114 Å². The van der Waals surface area contributed by atoms with Crippen molar-refractivity contribution in [3.63, 3.8) is 0 Å². The molecule has 0 aromatic heterocycles. The van der Waals surface area contributed by atoms with Crippen LogP contribution in [-0.4, -0.2) is 46.7 Å². The first-order valence-electron chi connectivity index (χ1n) is 7.11. The number of rotatable bonds is 6. The van der Waals surface area contributed by atoms with Gasteiger partial charge in [0.05, 0.1) is 5.41 Å². The predicted molar refractivity (Wildman–Crippen MR) is 71.7 cm³/mol. The molecule has 1 atom stereocenters. The number of hydrogen-bond acceptors (Lipinski definition) is 3. The van der Waals surface area contributed by atoms with Crippen LogP contribution in [0.1, 0.15) is 46.0 Å². The van der Waals surface area contributed by atoms with Gasteiger partial charge in [0.15, 0.2) is 0 Å². The molecule has 1 aliphatic rings. The van der Waals surface area contributed by atoms with Gasteiger partial charge in [-0.25, -0.2) is 0 Å². The Kier molecular flexibility index (Phi) is 5.79. The topological polar surface area (TPSA) is 77.8 Å². The molecule has 1 amide bonds. The third kappa shape index (κ3) is 3.69. The van der Waals surface area contributed by atoms with E-state index in [1.54, 1.807) is 4.90 Å². The summed E-state index contributed by atoms with van der Waals surface area (Å²) in [5.74, 6) is -0.842. The summed E-state index contributed by atoms with van der Waals surface area (Å²) in [5.41, 5.74) is -0.941. The molecule has 1 saturated heterocycles. The fourth-order valence-electron chi connectivity index (χ4n) is 2.72. The second-order valence-electron chi connectivity index (χ2n) is 5.50. The second kappa shape index (κ2) is 6.89. The molecule has 0 spiro atoms. The Morgan fingerprint density at radius 3 is 2.42 bits per heavy atom. The van der Waals surface area contributed by atoms with Gasteiger partial charge in [0, 0.05) is 26.1 Å². The van der Waals surface area contributed by atoms with Crippen LogP contribution in [-0.2, 0) is 9.59 Å². The van der Waals surface area contributed by atoms with Crippen molar-refractivity contribution >= 4 is 11.9 Å². The van der Waals surface area contributed by atoms with Crippen molar-refractivity contribution in [3.05, 3.63) is 0 Å². The van der Waals surface area contributed by atoms with E-state index in [0.717, 1.165) is 12.8 Å². The van der Waals surface area contributed by atoms with Gasteiger partial charge < -0.3 is 15.1 Å². The highest BCUT2D eigenvalue weighted by molar-refractivity contribution is 5.85. The zero-order valence-corrected chi connectivity index (χ0v) is 11.9. The molecule has 0 saturated carbocycles. The van der Waals surface area contributed by atoms with E-state index < -0.39 is 11.4 Å². The molecular formula is C14H25NO4. The number of aliphatic carboxylic acids is 1. The SMILES string of the molecule is CCC(CC)(CC(=O)N1CCCC(CO)C1)C(=O)O. The van der Waals surface area contributed by atoms with Crippen LogP contribution in [0.15, 0.2) is 0 Å². The van der Waals surface area contributed by atoms with Gasteiger partial charge in [0.2, 0.25) is 5.91 Å². The minimum Gasteiger partial charge on any atom is -0.481 e. The quantitative estimate of drug-likeness (QED) is 0.767. The lowest BCUT2D eigenvalue weighted by Gasteiger charge is -2.35. The number of amides is 1. The standard InChI is InChI=1S/C14H25NO4/c1-3-14(4-2,13(18)19)8-12(17)15-7-5-6-11(9-15)10-16/h11,16H,3-10H2,1-2H3,(H,18,19). The first-order chi connectivity index (χ1) is 8.99. The number of nitrogens with zero attached hydrogens (tertiary/aromatic N) is 1. The number of likely N-dealkylation sites (tertiary alicyclic amines) is 1. The van der Waals surface area contributed by atoms with Crippen LogP contribution in [0.5, 0.6) is 0 Å². The lowest BCUT2D eigenvalue weighted by molar-refractivity contribution is -0.154. The van der Waals surface area contributed by atoms with Crippen LogP contribution in [0.2, 0.25) is 0 Å². The molecule has 0 aromatic carbocycles. The van der Waals surface area contributed by atoms with E-state index in [2.05, 4.69) is 0 Å². The molecule has 1 unspecified atom stereocenters. The lowest BCUT2D eigenvalue weighted by Crippen LogP contribution is -2.44. The molecule has 0 aromatic rings. The molecule has 0 radical (unpaired) electrons. The summed E-state index contributed by atoms with van der Waals surface area (Å²) in [6.45, 7) is 4.96. The first kappa shape index (κ1) is 16.0. The van der Waals surface area contributed by atoms with Gasteiger partial charge in [-0.3, -0.25) is 9.59 Å². The van der Waals surface area contributed by atoms with E-state index >= 15 is 0 Å². The summed E-state index contributed by atoms with van der Waals surface area (Å²) in [6, 6.07) is 0. The summed E-state index contributed by atoms with van der Waals surface area (Å²) < 4.78 is 0. The largest absolute Gasteiger partial charge is 0.481 e. The molecule has 1 fully saturated rings. The molecule has 110 valence electrons. The number of carbonyl (C=O) groups excluding carboxylic acids is 1. The number of hydrogen-bond donors (Lipinski definition) is 2. The van der Waals surface area contributed by atoms with Crippen molar-refractivity contribution in [2.24, 2.45) is 11.3 Å². The first-order valence-corrected chi connectivity index (χ1v) is 7.11. The smallest absolute Gasteiger partial charge is 0.310 e. The highest BCUT2D eigenvalue weighted by Gasteiger charge is 2.39. The molecule has 0 bridgehead atoms. The Hall–Kier alpha value is -1.10. The fourth-order valence-corrected chi connectivity index (χ4v) is 2.72. The molecule has 5 nitrogen and oxygen atoms in total. The minimum absolute atomic E-state index is 0.0630. The predicted octanol–water partition coefficient (Wildman–Crippen LogP) is 1.50. The van der Waals surface area contributed by atoms with Crippen LogP contribution in [0.25, 0.3) is 0 Å². The second-order valence-corrected chi connectivity index (χ2v) is 5.50. The zero-order valence-electron chi connectivity index (χ0n) is 11.9. The number of carboxylic acids is 1. The van der Waals surface area contributed by atoms with Gasteiger partial charge in [0.1, 0.15) is 0 Å². The third-order valence-electron chi connectivity index (χ3n) is 4.43. The average Bonchev–Trinajstić information content (AvgIpc) is 2.44. The number of piperidine rings is 1. The number of carboxylic acid groups (broad SMARTS) is 1. The Morgan fingerprint density at radius 2 is 1.95 bits per heavy atom. The number of aliphatic hydroxyl groups is 1. The minimum atomic E-state index is -0.941. The van der Waals surface area contributed by atoms with Crippen molar-refractivity contribution < 1.29 is 19.8 Å². The molecule has 5 heteroatoms. The molecular weight excluding hydrogens is 246 g/mol. The molecule has 19 heavy (non-hydrogen) atoms. The maximum absolute atomic E-state index is 12.3. The van der Waals surface area contributed by atoms with Crippen LogP contribution in [0.4, 0.5) is 0 Å². The van der Waals surface area contributed by atoms with Gasteiger partial charge in [-0.05, 0) is 31.6 Å². The summed E-state index contributed by atoms with van der Waals surface area (Å²) in [5, 5.41) is 18.5. The summed E-state index contributed by atoms with van der Waals surface area (Å²) in [7, 11) is 0. The Morgan fingerprint density at radius 1 is 1.32 bits per heavy atom. The normalized spacial score (nSPS) is 20.4. The van der Waals surface area contributed by atoms with E-state index in [9.17, 15) is 19.8 Å². The van der Waals surface area contributed by atoms with Gasteiger partial charge in [-0.1, -0.05) is 13.8 Å². The highest BCUT2D eigenvalue weighted by atomic mass is 16.4. The van der Waals surface area contributed by atoms with Gasteiger partial charge in [-0.15, -0.1) is 0 Å². The van der Waals surface area contributed by atoms with Crippen molar-refractivity contribution in [2.45, 2.75) is 46.0 Å². The molecule has 0 aliphatic carbocycles. The average molecular weight is 271 g/mol. The molecule has 1 aliphatic heterocycles. The monoisotopic (exact) mass is 271 g/mol. The van der Waals surface area contributed by atoms with Crippen molar-refractivity contribution in [1.29, 1.82) is 0 Å². The van der Waals surface area contributed by atoms with E-state index in [1.165, 1.54) is 0 Å². The summed E-state index contributed by atoms with van der Waals surface area (Å²) in [6.07, 6.45) is 2.80. The van der Waals surface area contributed by atoms with Crippen LogP contribution in [0, 0.1) is 11.3 Å². The zero-order chi connectivity index (χ0) is 14.5. The Bertz CT molecular complexity index is 325. The summed E-state index contributed by atoms with van der Waals surface area (Å²) >= 11 is 0. The molecule has 1 heterocycles. The van der Waals surface area contributed by atoms with E-state index in [-0.39, 0.29) is 24.9 Å². The number of carbonyl (C=O) groups is 2.